The summed E-state index contributed by atoms with van der Waals surface area (Å²) in [7, 11) is 0. The number of aryl methyl sites for hydroxylation is 1. The van der Waals surface area contributed by atoms with Crippen LogP contribution < -0.4 is 16.4 Å². The molecule has 0 aliphatic carbocycles. The molecule has 0 aromatic heterocycles. The Morgan fingerprint density at radius 1 is 1.14 bits per heavy atom. The molecule has 0 saturated carbocycles. The minimum Gasteiger partial charge on any atom is -0.376 e. The first-order chi connectivity index (χ1) is 10.5. The maximum atomic E-state index is 11.9. The molecule has 6 heteroatoms. The highest BCUT2D eigenvalue weighted by Gasteiger charge is 2.05. The molecular formula is C16H16ClN3O2. The minimum atomic E-state index is -0.512. The molecule has 22 heavy (non-hydrogen) atoms. The van der Waals surface area contributed by atoms with Gasteiger partial charge < -0.3 is 16.4 Å². The van der Waals surface area contributed by atoms with E-state index in [4.69, 9.17) is 17.3 Å². The molecule has 0 spiro atoms. The number of hydrogen-bond donors (Lipinski definition) is 3. The predicted molar refractivity (Wildman–Crippen MR) is 88.3 cm³/mol. The molecular weight excluding hydrogens is 302 g/mol. The summed E-state index contributed by atoms with van der Waals surface area (Å²) in [5.41, 5.74) is 7.82. The lowest BCUT2D eigenvalue weighted by atomic mass is 10.2. The van der Waals surface area contributed by atoms with E-state index >= 15 is 0 Å². The molecule has 0 aliphatic heterocycles. The Kier molecular flexibility index (Phi) is 5.01. The van der Waals surface area contributed by atoms with Gasteiger partial charge in [0, 0.05) is 22.0 Å². The van der Waals surface area contributed by atoms with Crippen LogP contribution in [-0.4, -0.2) is 18.4 Å². The van der Waals surface area contributed by atoms with E-state index in [9.17, 15) is 9.59 Å². The van der Waals surface area contributed by atoms with Crippen LogP contribution in [0.3, 0.4) is 0 Å². The van der Waals surface area contributed by atoms with Gasteiger partial charge in [-0.1, -0.05) is 23.7 Å². The van der Waals surface area contributed by atoms with Crippen molar-refractivity contribution < 1.29 is 9.59 Å². The van der Waals surface area contributed by atoms with E-state index in [1.54, 1.807) is 36.4 Å². The molecule has 0 fully saturated rings. The van der Waals surface area contributed by atoms with Gasteiger partial charge in [-0.25, -0.2) is 0 Å². The maximum absolute atomic E-state index is 11.9. The van der Waals surface area contributed by atoms with Gasteiger partial charge in [0.2, 0.25) is 11.8 Å². The summed E-state index contributed by atoms with van der Waals surface area (Å²) < 4.78 is 0. The Bertz CT molecular complexity index is 716. The van der Waals surface area contributed by atoms with Crippen LogP contribution in [0, 0.1) is 6.92 Å². The first-order valence-electron chi connectivity index (χ1n) is 6.65. The normalized spacial score (nSPS) is 10.1. The van der Waals surface area contributed by atoms with E-state index in [2.05, 4.69) is 10.6 Å². The van der Waals surface area contributed by atoms with Crippen molar-refractivity contribution in [3.05, 3.63) is 58.6 Å². The maximum Gasteiger partial charge on any atom is 0.248 e. The fourth-order valence-corrected chi connectivity index (χ4v) is 2.02. The lowest BCUT2D eigenvalue weighted by Crippen LogP contribution is -2.22. The number of nitrogens with one attached hydrogen (secondary N) is 2. The predicted octanol–water partition coefficient (Wildman–Crippen LogP) is 2.80. The first kappa shape index (κ1) is 15.9. The van der Waals surface area contributed by atoms with Crippen molar-refractivity contribution in [2.24, 2.45) is 5.73 Å². The lowest BCUT2D eigenvalue weighted by Gasteiger charge is -2.09. The van der Waals surface area contributed by atoms with E-state index in [0.717, 1.165) is 5.56 Å². The quantitative estimate of drug-likeness (QED) is 0.792. The largest absolute Gasteiger partial charge is 0.376 e. The van der Waals surface area contributed by atoms with Gasteiger partial charge in [0.05, 0.1) is 6.54 Å². The smallest absolute Gasteiger partial charge is 0.248 e. The van der Waals surface area contributed by atoms with Crippen molar-refractivity contribution in [2.75, 3.05) is 17.2 Å². The molecule has 0 heterocycles. The van der Waals surface area contributed by atoms with Gasteiger partial charge in [-0.15, -0.1) is 0 Å². The van der Waals surface area contributed by atoms with Crippen molar-refractivity contribution in [3.63, 3.8) is 0 Å². The Balaban J connectivity index is 1.94. The summed E-state index contributed by atoms with van der Waals surface area (Å²) in [5, 5.41) is 6.27. The molecule has 4 N–H and O–H groups in total. The van der Waals surface area contributed by atoms with Crippen molar-refractivity contribution in [1.82, 2.24) is 0 Å². The zero-order chi connectivity index (χ0) is 16.1. The van der Waals surface area contributed by atoms with Crippen LogP contribution in [0.4, 0.5) is 11.4 Å². The molecule has 5 nitrogen and oxygen atoms in total. The summed E-state index contributed by atoms with van der Waals surface area (Å²) in [5.74, 6) is -0.730. The van der Waals surface area contributed by atoms with Crippen LogP contribution in [0.1, 0.15) is 15.9 Å². The third-order valence-corrected chi connectivity index (χ3v) is 3.46. The number of carbonyl (C=O) groups is 2. The number of halogens is 1. The van der Waals surface area contributed by atoms with Crippen molar-refractivity contribution in [2.45, 2.75) is 6.92 Å². The number of benzene rings is 2. The second-order valence-electron chi connectivity index (χ2n) is 4.81. The van der Waals surface area contributed by atoms with Crippen LogP contribution in [-0.2, 0) is 4.79 Å². The number of rotatable bonds is 5. The Hall–Kier alpha value is -2.53. The average molecular weight is 318 g/mol. The topological polar surface area (TPSA) is 84.2 Å². The SMILES string of the molecule is Cc1ccc(NC(=O)CNc2cccc(C(N)=O)c2)cc1Cl. The molecule has 2 aromatic carbocycles. The van der Waals surface area contributed by atoms with Crippen molar-refractivity contribution >= 4 is 34.8 Å². The summed E-state index contributed by atoms with van der Waals surface area (Å²) in [6.07, 6.45) is 0. The standard InChI is InChI=1S/C16H16ClN3O2/c1-10-5-6-13(8-14(10)17)20-15(21)9-19-12-4-2-3-11(7-12)16(18)22/h2-8,19H,9H2,1H3,(H2,18,22)(H,20,21). The number of hydrogen-bond acceptors (Lipinski definition) is 3. The fraction of sp³-hybridized carbons (Fsp3) is 0.125. The molecule has 2 amide bonds. The molecule has 0 bridgehead atoms. The zero-order valence-corrected chi connectivity index (χ0v) is 12.8. The zero-order valence-electron chi connectivity index (χ0n) is 12.0. The monoisotopic (exact) mass is 317 g/mol. The number of carbonyl (C=O) groups excluding carboxylic acids is 2. The summed E-state index contributed by atoms with van der Waals surface area (Å²) in [4.78, 5) is 23.0. The summed E-state index contributed by atoms with van der Waals surface area (Å²) in [6.45, 7) is 1.95. The van der Waals surface area contributed by atoms with Crippen LogP contribution in [0.25, 0.3) is 0 Å². The Morgan fingerprint density at radius 2 is 1.91 bits per heavy atom. The number of nitrogens with two attached hydrogens (primary N) is 1. The second kappa shape index (κ2) is 6.95. The van der Waals surface area contributed by atoms with Crippen LogP contribution in [0.5, 0.6) is 0 Å². The second-order valence-corrected chi connectivity index (χ2v) is 5.22. The molecule has 0 atom stereocenters. The van der Waals surface area contributed by atoms with E-state index in [1.807, 2.05) is 13.0 Å². The minimum absolute atomic E-state index is 0.0632. The highest BCUT2D eigenvalue weighted by Crippen LogP contribution is 2.19. The Labute approximate surface area is 133 Å². The van der Waals surface area contributed by atoms with Gasteiger partial charge in [-0.3, -0.25) is 9.59 Å². The van der Waals surface area contributed by atoms with Gasteiger partial charge >= 0.3 is 0 Å². The third-order valence-electron chi connectivity index (χ3n) is 3.06. The average Bonchev–Trinajstić information content (AvgIpc) is 2.49. The number of anilines is 2. The Morgan fingerprint density at radius 3 is 2.59 bits per heavy atom. The first-order valence-corrected chi connectivity index (χ1v) is 7.03. The van der Waals surface area contributed by atoms with Gasteiger partial charge in [-0.05, 0) is 42.8 Å². The van der Waals surface area contributed by atoms with Crippen molar-refractivity contribution in [1.29, 1.82) is 0 Å². The highest BCUT2D eigenvalue weighted by molar-refractivity contribution is 6.31. The fourth-order valence-electron chi connectivity index (χ4n) is 1.84. The third kappa shape index (κ3) is 4.23. The molecule has 0 aliphatic rings. The highest BCUT2D eigenvalue weighted by atomic mass is 35.5. The number of primary amides is 1. The molecule has 2 aromatic rings. The van der Waals surface area contributed by atoms with Crippen molar-refractivity contribution in [3.8, 4) is 0 Å². The van der Waals surface area contributed by atoms with Gasteiger partial charge in [0.1, 0.15) is 0 Å². The van der Waals surface area contributed by atoms with Gasteiger partial charge in [0.25, 0.3) is 0 Å². The van der Waals surface area contributed by atoms with Gasteiger partial charge in [-0.2, -0.15) is 0 Å². The molecule has 114 valence electrons. The number of amides is 2. The lowest BCUT2D eigenvalue weighted by molar-refractivity contribution is -0.114. The van der Waals surface area contributed by atoms with Crippen LogP contribution >= 0.6 is 11.6 Å². The molecule has 0 saturated heterocycles. The van der Waals surface area contributed by atoms with E-state index in [-0.39, 0.29) is 12.5 Å². The van der Waals surface area contributed by atoms with Crippen LogP contribution in [0.15, 0.2) is 42.5 Å². The summed E-state index contributed by atoms with van der Waals surface area (Å²) in [6, 6.07) is 12.0. The van der Waals surface area contributed by atoms with E-state index in [1.165, 1.54) is 0 Å². The molecule has 0 radical (unpaired) electrons. The van der Waals surface area contributed by atoms with Gasteiger partial charge in [0.15, 0.2) is 0 Å². The summed E-state index contributed by atoms with van der Waals surface area (Å²) >= 11 is 6.01. The van der Waals surface area contributed by atoms with Crippen LogP contribution in [0.2, 0.25) is 5.02 Å². The van der Waals surface area contributed by atoms with E-state index in [0.29, 0.717) is 22.0 Å². The molecule has 0 unspecified atom stereocenters. The van der Waals surface area contributed by atoms with E-state index < -0.39 is 5.91 Å². The molecule has 2 rings (SSSR count).